The Morgan fingerprint density at radius 1 is 0.293 bits per heavy atom. The van der Waals surface area contributed by atoms with Crippen molar-refractivity contribution in [2.24, 2.45) is 0 Å². The summed E-state index contributed by atoms with van der Waals surface area (Å²) in [7, 11) is 0. The van der Waals surface area contributed by atoms with Crippen molar-refractivity contribution >= 4 is 60.5 Å². The van der Waals surface area contributed by atoms with E-state index in [0.717, 1.165) is 72.4 Å². The van der Waals surface area contributed by atoms with Gasteiger partial charge in [0, 0.05) is 22.1 Å². The van der Waals surface area contributed by atoms with Gasteiger partial charge in [0.2, 0.25) is 0 Å². The Hall–Kier alpha value is -7.68. The van der Waals surface area contributed by atoms with Gasteiger partial charge in [-0.1, -0.05) is 176 Å². The van der Waals surface area contributed by atoms with Gasteiger partial charge in [0.25, 0.3) is 0 Å². The van der Waals surface area contributed by atoms with E-state index in [4.69, 9.17) is 4.42 Å². The molecule has 0 fully saturated rings. The van der Waals surface area contributed by atoms with E-state index in [0.29, 0.717) is 0 Å². The third kappa shape index (κ3) is 5.82. The molecule has 10 aromatic carbocycles. The maximum absolute atomic E-state index is 6.93. The molecule has 0 aliphatic heterocycles. The molecule has 11 rings (SSSR count). The highest BCUT2D eigenvalue weighted by Gasteiger charge is 2.26. The largest absolute Gasteiger partial charge is 0.455 e. The highest BCUT2D eigenvalue weighted by Crippen LogP contribution is 2.50. The van der Waals surface area contributed by atoms with E-state index in [9.17, 15) is 0 Å². The minimum absolute atomic E-state index is 0.860. The summed E-state index contributed by atoms with van der Waals surface area (Å²) in [6.07, 6.45) is 0. The molecule has 0 radical (unpaired) electrons. The third-order valence-corrected chi connectivity index (χ3v) is 11.4. The molecule has 58 heavy (non-hydrogen) atoms. The van der Waals surface area contributed by atoms with Gasteiger partial charge in [-0.05, 0) is 97.9 Å². The second-order valence-corrected chi connectivity index (χ2v) is 14.9. The highest BCUT2D eigenvalue weighted by molar-refractivity contribution is 6.18. The zero-order valence-corrected chi connectivity index (χ0v) is 31.7. The molecule has 0 aliphatic carbocycles. The van der Waals surface area contributed by atoms with Gasteiger partial charge < -0.3 is 9.32 Å². The number of fused-ring (bicyclic) bond motifs is 5. The minimum Gasteiger partial charge on any atom is -0.455 e. The minimum atomic E-state index is 0.860. The molecule has 0 atom stereocenters. The molecule has 1 aromatic heterocycles. The maximum Gasteiger partial charge on any atom is 0.145 e. The van der Waals surface area contributed by atoms with E-state index in [1.807, 2.05) is 0 Å². The van der Waals surface area contributed by atoms with E-state index < -0.39 is 0 Å². The Labute approximate surface area is 337 Å². The lowest BCUT2D eigenvalue weighted by atomic mass is 9.94. The Morgan fingerprint density at radius 3 is 1.50 bits per heavy atom. The molecular weight excluding hydrogens is 703 g/mol. The zero-order chi connectivity index (χ0) is 38.4. The number of benzene rings is 10. The summed E-state index contributed by atoms with van der Waals surface area (Å²) in [5, 5.41) is 7.00. The van der Waals surface area contributed by atoms with Gasteiger partial charge in [-0.3, -0.25) is 0 Å². The standard InChI is InChI=1S/C56H37NO/c1-2-15-38(16-3-1)43-21-14-22-44(35-43)47-23-8-11-26-51(47)57(52-27-12-9-24-48(52)45-31-29-39-17-4-6-19-41(39)36-45)53-34-33-49(46-32-30-40-18-5-7-20-42(40)37-46)56-55(53)50-25-10-13-28-54(50)58-56/h1-37H. The van der Waals surface area contributed by atoms with Gasteiger partial charge in [-0.25, -0.2) is 0 Å². The van der Waals surface area contributed by atoms with Crippen LogP contribution in [0, 0.1) is 0 Å². The fraction of sp³-hybridized carbons (Fsp3) is 0. The summed E-state index contributed by atoms with van der Waals surface area (Å²) >= 11 is 0. The summed E-state index contributed by atoms with van der Waals surface area (Å²) in [5.41, 5.74) is 14.1. The molecule has 0 amide bonds. The molecule has 0 saturated heterocycles. The fourth-order valence-corrected chi connectivity index (χ4v) is 8.65. The van der Waals surface area contributed by atoms with Crippen molar-refractivity contribution in [3.05, 3.63) is 224 Å². The van der Waals surface area contributed by atoms with Crippen molar-refractivity contribution in [3.63, 3.8) is 0 Å². The number of hydrogen-bond acceptors (Lipinski definition) is 2. The third-order valence-electron chi connectivity index (χ3n) is 11.4. The monoisotopic (exact) mass is 739 g/mol. The second kappa shape index (κ2) is 14.1. The van der Waals surface area contributed by atoms with Crippen molar-refractivity contribution in [2.75, 3.05) is 4.90 Å². The van der Waals surface area contributed by atoms with Crippen LogP contribution >= 0.6 is 0 Å². The molecule has 0 spiro atoms. The first-order chi connectivity index (χ1) is 28.8. The molecule has 0 unspecified atom stereocenters. The molecule has 272 valence electrons. The Kier molecular flexibility index (Phi) is 8.19. The lowest BCUT2D eigenvalue weighted by Gasteiger charge is -2.31. The SMILES string of the molecule is c1ccc(-c2cccc(-c3ccccc3N(c3ccccc3-c3ccc4ccccc4c3)c3ccc(-c4ccc5ccccc5c4)c4oc5ccccc5c34)c2)cc1. The molecule has 0 saturated carbocycles. The summed E-state index contributed by atoms with van der Waals surface area (Å²) in [6.45, 7) is 0. The van der Waals surface area contributed by atoms with E-state index in [-0.39, 0.29) is 0 Å². The molecule has 0 aliphatic rings. The highest BCUT2D eigenvalue weighted by atomic mass is 16.3. The molecule has 2 heteroatoms. The van der Waals surface area contributed by atoms with Gasteiger partial charge in [-0.2, -0.15) is 0 Å². The van der Waals surface area contributed by atoms with E-state index in [1.165, 1.54) is 32.7 Å². The second-order valence-electron chi connectivity index (χ2n) is 14.9. The van der Waals surface area contributed by atoms with E-state index >= 15 is 0 Å². The summed E-state index contributed by atoms with van der Waals surface area (Å²) in [6, 6.07) is 80.7. The van der Waals surface area contributed by atoms with E-state index in [2.05, 4.69) is 229 Å². The number of rotatable bonds is 7. The van der Waals surface area contributed by atoms with Crippen molar-refractivity contribution < 1.29 is 4.42 Å². The number of furan rings is 1. The first-order valence-electron chi connectivity index (χ1n) is 19.8. The predicted octanol–water partition coefficient (Wildman–Crippen LogP) is 16.0. The molecule has 0 N–H and O–H groups in total. The topological polar surface area (TPSA) is 16.4 Å². The smallest absolute Gasteiger partial charge is 0.145 e. The van der Waals surface area contributed by atoms with Crippen LogP contribution in [-0.4, -0.2) is 0 Å². The predicted molar refractivity (Wildman–Crippen MR) is 245 cm³/mol. The Balaban J connectivity index is 1.20. The number of hydrogen-bond donors (Lipinski definition) is 0. The number of para-hydroxylation sites is 3. The van der Waals surface area contributed by atoms with Crippen LogP contribution in [0.4, 0.5) is 17.1 Å². The zero-order valence-electron chi connectivity index (χ0n) is 31.7. The van der Waals surface area contributed by atoms with Crippen molar-refractivity contribution in [3.8, 4) is 44.5 Å². The number of anilines is 3. The number of nitrogens with zero attached hydrogens (tertiary/aromatic N) is 1. The van der Waals surface area contributed by atoms with Crippen molar-refractivity contribution in [1.29, 1.82) is 0 Å². The molecule has 2 nitrogen and oxygen atoms in total. The molecule has 1 heterocycles. The fourth-order valence-electron chi connectivity index (χ4n) is 8.65. The summed E-state index contributed by atoms with van der Waals surface area (Å²) in [5.74, 6) is 0. The van der Waals surface area contributed by atoms with Gasteiger partial charge in [0.1, 0.15) is 11.2 Å². The normalized spacial score (nSPS) is 11.4. The van der Waals surface area contributed by atoms with Crippen LogP contribution in [0.2, 0.25) is 0 Å². The van der Waals surface area contributed by atoms with Crippen LogP contribution in [-0.2, 0) is 0 Å². The van der Waals surface area contributed by atoms with Crippen LogP contribution in [0.5, 0.6) is 0 Å². The molecular formula is C56H37NO. The van der Waals surface area contributed by atoms with Gasteiger partial charge in [0.05, 0.1) is 22.4 Å². The first-order valence-corrected chi connectivity index (χ1v) is 19.8. The molecule has 11 aromatic rings. The van der Waals surface area contributed by atoms with Gasteiger partial charge in [0.15, 0.2) is 0 Å². The lowest BCUT2D eigenvalue weighted by Crippen LogP contribution is -2.13. The van der Waals surface area contributed by atoms with Crippen LogP contribution in [0.3, 0.4) is 0 Å². The van der Waals surface area contributed by atoms with Gasteiger partial charge in [-0.15, -0.1) is 0 Å². The van der Waals surface area contributed by atoms with E-state index in [1.54, 1.807) is 0 Å². The quantitative estimate of drug-likeness (QED) is 0.162. The molecule has 0 bridgehead atoms. The summed E-state index contributed by atoms with van der Waals surface area (Å²) < 4.78 is 6.93. The maximum atomic E-state index is 6.93. The van der Waals surface area contributed by atoms with Crippen molar-refractivity contribution in [1.82, 2.24) is 0 Å². The van der Waals surface area contributed by atoms with Crippen molar-refractivity contribution in [2.45, 2.75) is 0 Å². The van der Waals surface area contributed by atoms with Crippen LogP contribution in [0.1, 0.15) is 0 Å². The Morgan fingerprint density at radius 2 is 0.810 bits per heavy atom. The lowest BCUT2D eigenvalue weighted by molar-refractivity contribution is 0.670. The first kappa shape index (κ1) is 33.6. The average molecular weight is 740 g/mol. The summed E-state index contributed by atoms with van der Waals surface area (Å²) in [4.78, 5) is 2.46. The Bertz CT molecular complexity index is 3300. The van der Waals surface area contributed by atoms with Crippen LogP contribution < -0.4 is 4.90 Å². The average Bonchev–Trinajstić information content (AvgIpc) is 3.70. The van der Waals surface area contributed by atoms with Crippen LogP contribution in [0.15, 0.2) is 229 Å². The van der Waals surface area contributed by atoms with Crippen LogP contribution in [0.25, 0.3) is 88.0 Å². The van der Waals surface area contributed by atoms with Gasteiger partial charge >= 0.3 is 0 Å².